The van der Waals surface area contributed by atoms with Crippen molar-refractivity contribution < 1.29 is 13.7 Å². The van der Waals surface area contributed by atoms with Gasteiger partial charge in [-0.25, -0.2) is 9.37 Å². The van der Waals surface area contributed by atoms with Crippen molar-refractivity contribution in [1.29, 1.82) is 0 Å². The van der Waals surface area contributed by atoms with Crippen LogP contribution in [0.4, 0.5) is 14.5 Å². The van der Waals surface area contributed by atoms with Crippen molar-refractivity contribution in [3.8, 4) is 0 Å². The molecular weight excluding hydrogens is 288 g/mol. The van der Waals surface area contributed by atoms with Crippen LogP contribution < -0.4 is 5.32 Å². The van der Waals surface area contributed by atoms with Crippen molar-refractivity contribution in [2.24, 2.45) is 0 Å². The monoisotopic (exact) mass is 299 g/mol. The van der Waals surface area contributed by atoms with E-state index in [9.17, 15) is 18.9 Å². The first-order valence-corrected chi connectivity index (χ1v) is 6.53. The molecule has 106 valence electrons. The maximum Gasteiger partial charge on any atom is 0.305 e. The predicted octanol–water partition coefficient (Wildman–Crippen LogP) is 2.93. The Morgan fingerprint density at radius 1 is 1.35 bits per heavy atom. The molecule has 0 aliphatic heterocycles. The second-order valence-electron chi connectivity index (χ2n) is 4.12. The van der Waals surface area contributed by atoms with E-state index in [4.69, 9.17) is 0 Å². The van der Waals surface area contributed by atoms with Crippen LogP contribution in [0.15, 0.2) is 18.3 Å². The van der Waals surface area contributed by atoms with Crippen LogP contribution in [-0.2, 0) is 13.1 Å². The molecule has 0 fully saturated rings. The Hall–Kier alpha value is -1.93. The number of nitro groups is 1. The first-order chi connectivity index (χ1) is 9.47. The summed E-state index contributed by atoms with van der Waals surface area (Å²) < 4.78 is 26.7. The Kier molecular flexibility index (Phi) is 4.35. The van der Waals surface area contributed by atoms with Gasteiger partial charge in [-0.1, -0.05) is 0 Å². The van der Waals surface area contributed by atoms with Gasteiger partial charge in [-0.15, -0.1) is 11.3 Å². The topological polar surface area (TPSA) is 68.1 Å². The molecule has 8 heteroatoms. The number of nitrogens with zero attached hydrogens (tertiary/aromatic N) is 2. The van der Waals surface area contributed by atoms with Crippen molar-refractivity contribution in [1.82, 2.24) is 10.3 Å². The fraction of sp³-hybridized carbons (Fsp3) is 0.250. The molecule has 2 rings (SSSR count). The van der Waals surface area contributed by atoms with Gasteiger partial charge in [0.05, 0.1) is 4.92 Å². The Morgan fingerprint density at radius 2 is 2.10 bits per heavy atom. The molecule has 0 bridgehead atoms. The van der Waals surface area contributed by atoms with Crippen molar-refractivity contribution >= 4 is 17.0 Å². The van der Waals surface area contributed by atoms with Gasteiger partial charge >= 0.3 is 5.69 Å². The maximum atomic E-state index is 13.5. The molecule has 20 heavy (non-hydrogen) atoms. The molecule has 0 unspecified atom stereocenters. The number of benzene rings is 1. The average molecular weight is 299 g/mol. The van der Waals surface area contributed by atoms with Crippen molar-refractivity contribution in [3.05, 3.63) is 55.5 Å². The number of halogens is 2. The van der Waals surface area contributed by atoms with E-state index < -0.39 is 22.2 Å². The quantitative estimate of drug-likeness (QED) is 0.681. The van der Waals surface area contributed by atoms with Crippen LogP contribution >= 0.6 is 11.3 Å². The second kappa shape index (κ2) is 6.02. The van der Waals surface area contributed by atoms with E-state index in [1.807, 2.05) is 6.92 Å². The molecule has 1 aromatic carbocycles. The van der Waals surface area contributed by atoms with Gasteiger partial charge in [0, 0.05) is 41.9 Å². The third-order valence-corrected chi connectivity index (χ3v) is 3.49. The lowest BCUT2D eigenvalue weighted by Crippen LogP contribution is -2.14. The largest absolute Gasteiger partial charge is 0.306 e. The van der Waals surface area contributed by atoms with Crippen molar-refractivity contribution in [3.63, 3.8) is 0 Å². The lowest BCUT2D eigenvalue weighted by atomic mass is 10.2. The van der Waals surface area contributed by atoms with Crippen LogP contribution in [0.3, 0.4) is 0 Å². The Balaban J connectivity index is 2.05. The van der Waals surface area contributed by atoms with Gasteiger partial charge < -0.3 is 5.32 Å². The lowest BCUT2D eigenvalue weighted by Gasteiger charge is -2.05. The molecule has 1 aromatic heterocycles. The van der Waals surface area contributed by atoms with Crippen molar-refractivity contribution in [2.45, 2.75) is 20.0 Å². The lowest BCUT2D eigenvalue weighted by molar-refractivity contribution is -0.387. The summed E-state index contributed by atoms with van der Waals surface area (Å²) in [5, 5.41) is 14.4. The van der Waals surface area contributed by atoms with Crippen LogP contribution in [0.25, 0.3) is 0 Å². The molecule has 0 atom stereocenters. The van der Waals surface area contributed by atoms with Crippen LogP contribution in [0.2, 0.25) is 0 Å². The molecule has 0 amide bonds. The predicted molar refractivity (Wildman–Crippen MR) is 70.4 cm³/mol. The summed E-state index contributed by atoms with van der Waals surface area (Å²) in [6.45, 7) is 2.40. The fourth-order valence-electron chi connectivity index (χ4n) is 1.64. The molecule has 0 aliphatic rings. The average Bonchev–Trinajstić information content (AvgIpc) is 2.77. The number of aromatic nitrogens is 1. The molecule has 0 saturated heterocycles. The van der Waals surface area contributed by atoms with E-state index in [1.165, 1.54) is 11.3 Å². The highest BCUT2D eigenvalue weighted by Crippen LogP contribution is 2.21. The van der Waals surface area contributed by atoms with E-state index in [0.29, 0.717) is 12.6 Å². The molecule has 0 saturated carbocycles. The minimum atomic E-state index is -1.17. The number of aryl methyl sites for hydroxylation is 1. The molecule has 0 aliphatic carbocycles. The minimum absolute atomic E-state index is 0.0476. The fourth-order valence-corrected chi connectivity index (χ4v) is 2.40. The molecule has 5 nitrogen and oxygen atoms in total. The molecule has 0 spiro atoms. The molecule has 1 heterocycles. The van der Waals surface area contributed by atoms with E-state index >= 15 is 0 Å². The standard InChI is InChI=1S/C12H11F2N3O2S/c1-7-4-16-12(20-7)6-15-5-8-2-11(17(18)19)10(14)3-9(8)13/h2-4,15H,5-6H2,1H3. The zero-order valence-corrected chi connectivity index (χ0v) is 11.3. The van der Waals surface area contributed by atoms with E-state index in [-0.39, 0.29) is 12.1 Å². The summed E-state index contributed by atoms with van der Waals surface area (Å²) in [5.74, 6) is -1.98. The van der Waals surface area contributed by atoms with E-state index in [0.717, 1.165) is 16.0 Å². The first kappa shape index (κ1) is 14.5. The Morgan fingerprint density at radius 3 is 2.70 bits per heavy atom. The molecule has 1 N–H and O–H groups in total. The third kappa shape index (κ3) is 3.34. The van der Waals surface area contributed by atoms with Gasteiger partial charge in [-0.05, 0) is 6.92 Å². The zero-order chi connectivity index (χ0) is 14.7. The van der Waals surface area contributed by atoms with Crippen LogP contribution in [0.5, 0.6) is 0 Å². The summed E-state index contributed by atoms with van der Waals surface area (Å²) in [6, 6.07) is 1.44. The number of hydrogen-bond acceptors (Lipinski definition) is 5. The Bertz CT molecular complexity index is 646. The number of nitrogens with one attached hydrogen (secondary N) is 1. The smallest absolute Gasteiger partial charge is 0.305 e. The zero-order valence-electron chi connectivity index (χ0n) is 10.5. The SMILES string of the molecule is Cc1cnc(CNCc2cc([N+](=O)[O-])c(F)cc2F)s1. The summed E-state index contributed by atoms with van der Waals surface area (Å²) in [4.78, 5) is 14.9. The third-order valence-electron chi connectivity index (χ3n) is 2.57. The normalized spacial score (nSPS) is 10.8. The maximum absolute atomic E-state index is 13.5. The van der Waals surface area contributed by atoms with Crippen LogP contribution in [0, 0.1) is 28.7 Å². The summed E-state index contributed by atoms with van der Waals surface area (Å²) >= 11 is 1.50. The minimum Gasteiger partial charge on any atom is -0.306 e. The van der Waals surface area contributed by atoms with Crippen LogP contribution in [0.1, 0.15) is 15.4 Å². The molecule has 2 aromatic rings. The van der Waals surface area contributed by atoms with Gasteiger partial charge in [0.25, 0.3) is 0 Å². The number of thiazole rings is 1. The first-order valence-electron chi connectivity index (χ1n) is 5.71. The highest BCUT2D eigenvalue weighted by molar-refractivity contribution is 7.11. The number of rotatable bonds is 5. The molecule has 0 radical (unpaired) electrons. The van der Waals surface area contributed by atoms with Gasteiger partial charge in [0.2, 0.25) is 5.82 Å². The summed E-state index contributed by atoms with van der Waals surface area (Å²) in [6.07, 6.45) is 1.73. The number of hydrogen-bond donors (Lipinski definition) is 1. The highest BCUT2D eigenvalue weighted by atomic mass is 32.1. The second-order valence-corrected chi connectivity index (χ2v) is 5.44. The highest BCUT2D eigenvalue weighted by Gasteiger charge is 2.18. The van der Waals surface area contributed by atoms with Gasteiger partial charge in [-0.3, -0.25) is 10.1 Å². The summed E-state index contributed by atoms with van der Waals surface area (Å²) in [7, 11) is 0. The number of nitro benzene ring substituents is 1. The Labute approximate surface area is 117 Å². The van der Waals surface area contributed by atoms with Gasteiger partial charge in [0.1, 0.15) is 10.8 Å². The van der Waals surface area contributed by atoms with E-state index in [1.54, 1.807) is 6.20 Å². The van der Waals surface area contributed by atoms with Crippen LogP contribution in [-0.4, -0.2) is 9.91 Å². The van der Waals surface area contributed by atoms with Gasteiger partial charge in [-0.2, -0.15) is 4.39 Å². The van der Waals surface area contributed by atoms with E-state index in [2.05, 4.69) is 10.3 Å². The summed E-state index contributed by atoms with van der Waals surface area (Å²) in [5.41, 5.74) is -0.681. The van der Waals surface area contributed by atoms with Crippen molar-refractivity contribution in [2.75, 3.05) is 0 Å². The molecular formula is C12H11F2N3O2S. The van der Waals surface area contributed by atoms with Gasteiger partial charge in [0.15, 0.2) is 0 Å².